The molecule has 0 bridgehead atoms. The molecule has 7 nitrogen and oxygen atoms in total. The van der Waals surface area contributed by atoms with Crippen molar-refractivity contribution in [3.63, 3.8) is 0 Å². The van der Waals surface area contributed by atoms with Gasteiger partial charge in [-0.3, -0.25) is 9.48 Å². The van der Waals surface area contributed by atoms with Gasteiger partial charge in [0.25, 0.3) is 5.91 Å². The van der Waals surface area contributed by atoms with Crippen LogP contribution in [0.15, 0.2) is 42.7 Å². The van der Waals surface area contributed by atoms with Gasteiger partial charge in [0.05, 0.1) is 35.2 Å². The molecule has 158 valence electrons. The second-order valence-electron chi connectivity index (χ2n) is 7.95. The van der Waals surface area contributed by atoms with Crippen LogP contribution in [-0.4, -0.2) is 35.2 Å². The summed E-state index contributed by atoms with van der Waals surface area (Å²) < 4.78 is 3.71. The molecule has 0 saturated carbocycles. The third-order valence-electron chi connectivity index (χ3n) is 5.88. The summed E-state index contributed by atoms with van der Waals surface area (Å²) in [5, 5.41) is 9.56. The number of carbonyl (C=O) groups is 1. The predicted octanol–water partition coefficient (Wildman–Crippen LogP) is 3.98. The average molecular weight is 435 g/mol. The van der Waals surface area contributed by atoms with Gasteiger partial charge in [-0.2, -0.15) is 10.2 Å². The predicted molar refractivity (Wildman–Crippen MR) is 118 cm³/mol. The largest absolute Gasteiger partial charge is 0.328 e. The number of benzene rings is 1. The van der Waals surface area contributed by atoms with Gasteiger partial charge in [0, 0.05) is 30.1 Å². The van der Waals surface area contributed by atoms with Crippen molar-refractivity contribution in [2.75, 3.05) is 0 Å². The molecule has 1 amide bonds. The van der Waals surface area contributed by atoms with E-state index in [1.165, 1.54) is 0 Å². The zero-order chi connectivity index (χ0) is 21.5. The zero-order valence-corrected chi connectivity index (χ0v) is 18.3. The lowest BCUT2D eigenvalue weighted by molar-refractivity contribution is 0.0748. The van der Waals surface area contributed by atoms with Gasteiger partial charge in [0.1, 0.15) is 0 Å². The van der Waals surface area contributed by atoms with Gasteiger partial charge in [-0.25, -0.2) is 9.50 Å². The molecule has 0 atom stereocenters. The van der Waals surface area contributed by atoms with E-state index >= 15 is 0 Å². The molecule has 0 fully saturated rings. The van der Waals surface area contributed by atoms with E-state index in [2.05, 4.69) is 15.2 Å². The number of amides is 1. The fourth-order valence-corrected chi connectivity index (χ4v) is 4.36. The van der Waals surface area contributed by atoms with Crippen molar-refractivity contribution in [3.05, 3.63) is 81.5 Å². The SMILES string of the molecule is Cc1nc2c3c(nn2c(C)c1Cl)CN(C(=O)c1ccccc1CCCn1cccn1)C3. The maximum absolute atomic E-state index is 13.4. The van der Waals surface area contributed by atoms with E-state index in [-0.39, 0.29) is 5.91 Å². The van der Waals surface area contributed by atoms with Crippen molar-refractivity contribution >= 4 is 23.2 Å². The van der Waals surface area contributed by atoms with Gasteiger partial charge in [0.15, 0.2) is 5.65 Å². The van der Waals surface area contributed by atoms with Crippen LogP contribution in [0.1, 0.15) is 45.0 Å². The summed E-state index contributed by atoms with van der Waals surface area (Å²) >= 11 is 6.34. The highest BCUT2D eigenvalue weighted by molar-refractivity contribution is 6.31. The highest BCUT2D eigenvalue weighted by Crippen LogP contribution is 2.30. The maximum Gasteiger partial charge on any atom is 0.254 e. The Labute approximate surface area is 185 Å². The van der Waals surface area contributed by atoms with Gasteiger partial charge in [-0.15, -0.1) is 0 Å². The fourth-order valence-electron chi connectivity index (χ4n) is 4.24. The van der Waals surface area contributed by atoms with Gasteiger partial charge < -0.3 is 4.90 Å². The number of halogens is 1. The van der Waals surface area contributed by atoms with Gasteiger partial charge in [0.2, 0.25) is 0 Å². The van der Waals surface area contributed by atoms with Crippen LogP contribution in [0.5, 0.6) is 0 Å². The number of aromatic nitrogens is 5. The molecule has 1 aliphatic heterocycles. The minimum atomic E-state index is 0.0354. The first-order valence-electron chi connectivity index (χ1n) is 10.4. The lowest BCUT2D eigenvalue weighted by Gasteiger charge is -2.18. The Morgan fingerprint density at radius 1 is 1.16 bits per heavy atom. The van der Waals surface area contributed by atoms with Gasteiger partial charge in [-0.1, -0.05) is 29.8 Å². The molecule has 1 aliphatic rings. The molecule has 31 heavy (non-hydrogen) atoms. The van der Waals surface area contributed by atoms with Crippen LogP contribution in [-0.2, 0) is 26.1 Å². The number of aryl methyl sites for hydroxylation is 4. The topological polar surface area (TPSA) is 68.3 Å². The molecular formula is C23H23ClN6O. The monoisotopic (exact) mass is 434 g/mol. The van der Waals surface area contributed by atoms with Crippen molar-refractivity contribution in [3.8, 4) is 0 Å². The second kappa shape index (κ2) is 7.81. The van der Waals surface area contributed by atoms with Crippen molar-refractivity contribution in [1.29, 1.82) is 0 Å². The van der Waals surface area contributed by atoms with E-state index < -0.39 is 0 Å². The molecule has 3 aromatic heterocycles. The Bertz CT molecular complexity index is 1280. The summed E-state index contributed by atoms with van der Waals surface area (Å²) in [6, 6.07) is 9.79. The molecule has 0 saturated heterocycles. The van der Waals surface area contributed by atoms with E-state index in [0.29, 0.717) is 18.1 Å². The highest BCUT2D eigenvalue weighted by Gasteiger charge is 2.31. The molecule has 8 heteroatoms. The first-order valence-corrected chi connectivity index (χ1v) is 10.8. The minimum Gasteiger partial charge on any atom is -0.328 e. The number of hydrogen-bond donors (Lipinski definition) is 0. The first-order chi connectivity index (χ1) is 15.0. The van der Waals surface area contributed by atoms with Crippen molar-refractivity contribution in [2.24, 2.45) is 0 Å². The molecule has 4 aromatic rings. The number of nitrogens with zero attached hydrogens (tertiary/aromatic N) is 6. The molecule has 1 aromatic carbocycles. The Balaban J connectivity index is 1.36. The molecule has 5 rings (SSSR count). The molecule has 0 unspecified atom stereocenters. The van der Waals surface area contributed by atoms with Crippen LogP contribution in [0.2, 0.25) is 5.02 Å². The average Bonchev–Trinajstić information content (AvgIpc) is 3.49. The van der Waals surface area contributed by atoms with E-state index in [0.717, 1.165) is 58.8 Å². The van der Waals surface area contributed by atoms with Crippen LogP contribution in [0.4, 0.5) is 0 Å². The van der Waals surface area contributed by atoms with Gasteiger partial charge in [-0.05, 0) is 44.4 Å². The summed E-state index contributed by atoms with van der Waals surface area (Å²) in [7, 11) is 0. The van der Waals surface area contributed by atoms with Crippen LogP contribution in [0.25, 0.3) is 5.65 Å². The summed E-state index contributed by atoms with van der Waals surface area (Å²) in [6.45, 7) is 5.65. The second-order valence-corrected chi connectivity index (χ2v) is 8.33. The normalized spacial score (nSPS) is 13.2. The molecule has 0 N–H and O–H groups in total. The lowest BCUT2D eigenvalue weighted by Crippen LogP contribution is -2.27. The molecule has 0 aliphatic carbocycles. The molecule has 0 radical (unpaired) electrons. The first kappa shape index (κ1) is 19.8. The smallest absolute Gasteiger partial charge is 0.254 e. The molecule has 4 heterocycles. The van der Waals surface area contributed by atoms with Gasteiger partial charge >= 0.3 is 0 Å². The van der Waals surface area contributed by atoms with Crippen LogP contribution in [0, 0.1) is 13.8 Å². The number of fused-ring (bicyclic) bond motifs is 3. The Morgan fingerprint density at radius 2 is 2.00 bits per heavy atom. The summed E-state index contributed by atoms with van der Waals surface area (Å²) in [6.07, 6.45) is 5.48. The number of carbonyl (C=O) groups excluding carboxylic acids is 1. The third kappa shape index (κ3) is 3.49. The van der Waals surface area contributed by atoms with E-state index in [4.69, 9.17) is 11.6 Å². The van der Waals surface area contributed by atoms with Crippen molar-refractivity contribution in [2.45, 2.75) is 46.3 Å². The Morgan fingerprint density at radius 3 is 2.81 bits per heavy atom. The van der Waals surface area contributed by atoms with E-state index in [1.807, 2.05) is 60.0 Å². The van der Waals surface area contributed by atoms with Crippen LogP contribution in [0.3, 0.4) is 0 Å². The van der Waals surface area contributed by atoms with E-state index in [9.17, 15) is 4.79 Å². The summed E-state index contributed by atoms with van der Waals surface area (Å²) in [5.74, 6) is 0.0354. The fraction of sp³-hybridized carbons (Fsp3) is 0.304. The number of hydrogen-bond acceptors (Lipinski definition) is 4. The van der Waals surface area contributed by atoms with Crippen molar-refractivity contribution < 1.29 is 4.79 Å². The minimum absolute atomic E-state index is 0.0354. The molecule has 0 spiro atoms. The lowest BCUT2D eigenvalue weighted by atomic mass is 10.0. The zero-order valence-electron chi connectivity index (χ0n) is 17.5. The van der Waals surface area contributed by atoms with Crippen molar-refractivity contribution in [1.82, 2.24) is 29.3 Å². The highest BCUT2D eigenvalue weighted by atomic mass is 35.5. The Kier molecular flexibility index (Phi) is 4.98. The molecular weight excluding hydrogens is 412 g/mol. The summed E-state index contributed by atoms with van der Waals surface area (Å²) in [5.41, 5.74) is 6.16. The van der Waals surface area contributed by atoms with Crippen LogP contribution < -0.4 is 0 Å². The third-order valence-corrected chi connectivity index (χ3v) is 6.43. The number of rotatable bonds is 5. The standard InChI is InChI=1S/C23H23ClN6O/c1-15-21(24)16(2)30-22(26-15)19-13-28(14-20(19)27-30)23(31)18-9-4-3-7-17(18)8-5-11-29-12-6-10-25-29/h3-4,6-7,9-10,12H,5,8,11,13-14H2,1-2H3. The van der Waals surface area contributed by atoms with E-state index in [1.54, 1.807) is 10.7 Å². The Hall–Kier alpha value is -3.19. The maximum atomic E-state index is 13.4. The van der Waals surface area contributed by atoms with Crippen LogP contribution >= 0.6 is 11.6 Å². The summed E-state index contributed by atoms with van der Waals surface area (Å²) in [4.78, 5) is 19.9. The quantitative estimate of drug-likeness (QED) is 0.476.